The molecule has 80 valence electrons. The van der Waals surface area contributed by atoms with Crippen molar-refractivity contribution >= 4 is 5.91 Å². The van der Waals surface area contributed by atoms with Crippen molar-refractivity contribution in [3.05, 3.63) is 0 Å². The SMILES string of the molecule is CC1(CN)CN(C2CCNCC2)C1=O. The van der Waals surface area contributed by atoms with Crippen LogP contribution in [0.15, 0.2) is 0 Å². The number of amides is 1. The number of carbonyl (C=O) groups is 1. The fourth-order valence-corrected chi connectivity index (χ4v) is 2.34. The van der Waals surface area contributed by atoms with Crippen LogP contribution < -0.4 is 11.1 Å². The predicted molar refractivity (Wildman–Crippen MR) is 54.8 cm³/mol. The summed E-state index contributed by atoms with van der Waals surface area (Å²) in [6.45, 7) is 5.37. The molecule has 0 saturated carbocycles. The van der Waals surface area contributed by atoms with Gasteiger partial charge in [-0.05, 0) is 32.9 Å². The molecule has 0 aromatic rings. The zero-order valence-electron chi connectivity index (χ0n) is 8.75. The normalized spacial score (nSPS) is 34.4. The first kappa shape index (κ1) is 9.93. The number of hydrogen-bond acceptors (Lipinski definition) is 3. The predicted octanol–water partition coefficient (Wildman–Crippen LogP) is -0.454. The van der Waals surface area contributed by atoms with Crippen molar-refractivity contribution in [3.8, 4) is 0 Å². The highest BCUT2D eigenvalue weighted by Crippen LogP contribution is 2.33. The van der Waals surface area contributed by atoms with Crippen molar-refractivity contribution in [3.63, 3.8) is 0 Å². The maximum absolute atomic E-state index is 11.8. The summed E-state index contributed by atoms with van der Waals surface area (Å²) in [7, 11) is 0. The maximum atomic E-state index is 11.8. The smallest absolute Gasteiger partial charge is 0.231 e. The highest BCUT2D eigenvalue weighted by atomic mass is 16.2. The van der Waals surface area contributed by atoms with Gasteiger partial charge in [0.25, 0.3) is 0 Å². The first-order valence-corrected chi connectivity index (χ1v) is 5.39. The lowest BCUT2D eigenvalue weighted by Gasteiger charge is -2.51. The molecule has 14 heavy (non-hydrogen) atoms. The van der Waals surface area contributed by atoms with E-state index in [4.69, 9.17) is 5.73 Å². The minimum Gasteiger partial charge on any atom is -0.338 e. The van der Waals surface area contributed by atoms with Crippen molar-refractivity contribution in [2.45, 2.75) is 25.8 Å². The fraction of sp³-hybridized carbons (Fsp3) is 0.900. The molecule has 4 nitrogen and oxygen atoms in total. The summed E-state index contributed by atoms with van der Waals surface area (Å²) in [4.78, 5) is 13.8. The van der Waals surface area contributed by atoms with Gasteiger partial charge in [0.15, 0.2) is 0 Å². The third-order valence-electron chi connectivity index (χ3n) is 3.50. The van der Waals surface area contributed by atoms with Crippen molar-refractivity contribution in [2.24, 2.45) is 11.1 Å². The van der Waals surface area contributed by atoms with E-state index in [2.05, 4.69) is 5.32 Å². The van der Waals surface area contributed by atoms with Crippen LogP contribution in [-0.2, 0) is 4.79 Å². The van der Waals surface area contributed by atoms with Crippen molar-refractivity contribution in [1.82, 2.24) is 10.2 Å². The number of β-lactam (4-membered cyclic amide) rings is 1. The second-order valence-electron chi connectivity index (χ2n) is 4.68. The Morgan fingerprint density at radius 3 is 2.71 bits per heavy atom. The molecule has 0 aliphatic carbocycles. The molecule has 2 fully saturated rings. The maximum Gasteiger partial charge on any atom is 0.231 e. The van der Waals surface area contributed by atoms with E-state index in [9.17, 15) is 4.79 Å². The lowest BCUT2D eigenvalue weighted by molar-refractivity contribution is -0.162. The van der Waals surface area contributed by atoms with E-state index in [1.165, 1.54) is 0 Å². The van der Waals surface area contributed by atoms with Crippen LogP contribution in [0.25, 0.3) is 0 Å². The molecule has 2 heterocycles. The van der Waals surface area contributed by atoms with Gasteiger partial charge in [-0.25, -0.2) is 0 Å². The first-order chi connectivity index (χ1) is 6.67. The van der Waals surface area contributed by atoms with Crippen LogP contribution in [0.3, 0.4) is 0 Å². The molecule has 2 aliphatic rings. The van der Waals surface area contributed by atoms with Crippen LogP contribution in [0, 0.1) is 5.41 Å². The average Bonchev–Trinajstić information content (AvgIpc) is 2.26. The molecule has 1 unspecified atom stereocenters. The van der Waals surface area contributed by atoms with Crippen molar-refractivity contribution in [1.29, 1.82) is 0 Å². The number of hydrogen-bond donors (Lipinski definition) is 2. The van der Waals surface area contributed by atoms with E-state index >= 15 is 0 Å². The van der Waals surface area contributed by atoms with Gasteiger partial charge in [-0.1, -0.05) is 0 Å². The quantitative estimate of drug-likeness (QED) is 0.589. The third kappa shape index (κ3) is 1.42. The van der Waals surface area contributed by atoms with E-state index in [1.807, 2.05) is 11.8 Å². The third-order valence-corrected chi connectivity index (χ3v) is 3.50. The summed E-state index contributed by atoms with van der Waals surface area (Å²) in [6.07, 6.45) is 2.18. The average molecular weight is 197 g/mol. The topological polar surface area (TPSA) is 58.4 Å². The number of rotatable bonds is 2. The Morgan fingerprint density at radius 1 is 1.57 bits per heavy atom. The standard InChI is InChI=1S/C10H19N3O/c1-10(6-11)7-13(9(10)14)8-2-4-12-5-3-8/h8,12H,2-7,11H2,1H3. The molecule has 0 aromatic carbocycles. The summed E-state index contributed by atoms with van der Waals surface area (Å²) in [5, 5.41) is 3.30. The van der Waals surface area contributed by atoms with Gasteiger partial charge in [0, 0.05) is 19.1 Å². The van der Waals surface area contributed by atoms with E-state index in [-0.39, 0.29) is 11.3 Å². The number of carbonyl (C=O) groups excluding carboxylic acids is 1. The van der Waals surface area contributed by atoms with Gasteiger partial charge < -0.3 is 16.0 Å². The minimum absolute atomic E-state index is 0.256. The summed E-state index contributed by atoms with van der Waals surface area (Å²) in [5.74, 6) is 0.256. The van der Waals surface area contributed by atoms with Crippen LogP contribution >= 0.6 is 0 Å². The number of nitrogens with zero attached hydrogens (tertiary/aromatic N) is 1. The molecule has 0 spiro atoms. The molecule has 4 heteroatoms. The second kappa shape index (κ2) is 3.51. The van der Waals surface area contributed by atoms with Gasteiger partial charge in [0.1, 0.15) is 0 Å². The fourth-order valence-electron chi connectivity index (χ4n) is 2.34. The number of nitrogens with one attached hydrogen (secondary N) is 1. The summed E-state index contributed by atoms with van der Waals surface area (Å²) < 4.78 is 0. The zero-order valence-corrected chi connectivity index (χ0v) is 8.75. The van der Waals surface area contributed by atoms with E-state index in [1.54, 1.807) is 0 Å². The van der Waals surface area contributed by atoms with Crippen LogP contribution in [0.5, 0.6) is 0 Å². The van der Waals surface area contributed by atoms with Gasteiger partial charge in [0.05, 0.1) is 5.41 Å². The van der Waals surface area contributed by atoms with E-state index in [0.29, 0.717) is 12.6 Å². The van der Waals surface area contributed by atoms with Gasteiger partial charge in [-0.2, -0.15) is 0 Å². The Bertz CT molecular complexity index is 238. The first-order valence-electron chi connectivity index (χ1n) is 5.39. The molecule has 1 atom stereocenters. The lowest BCUT2D eigenvalue weighted by atomic mass is 9.79. The van der Waals surface area contributed by atoms with Crippen LogP contribution in [-0.4, -0.2) is 43.0 Å². The van der Waals surface area contributed by atoms with Gasteiger partial charge in [0.2, 0.25) is 5.91 Å². The Kier molecular flexibility index (Phi) is 2.49. The van der Waals surface area contributed by atoms with Crippen molar-refractivity contribution < 1.29 is 4.79 Å². The molecule has 1 amide bonds. The second-order valence-corrected chi connectivity index (χ2v) is 4.68. The monoisotopic (exact) mass is 197 g/mol. The van der Waals surface area contributed by atoms with Gasteiger partial charge >= 0.3 is 0 Å². The van der Waals surface area contributed by atoms with Crippen LogP contribution in [0.2, 0.25) is 0 Å². The van der Waals surface area contributed by atoms with Crippen LogP contribution in [0.4, 0.5) is 0 Å². The molecule has 2 aliphatic heterocycles. The van der Waals surface area contributed by atoms with Crippen LogP contribution in [0.1, 0.15) is 19.8 Å². The largest absolute Gasteiger partial charge is 0.338 e. The van der Waals surface area contributed by atoms with E-state index in [0.717, 1.165) is 32.5 Å². The Balaban J connectivity index is 1.93. The Labute approximate surface area is 84.8 Å². The van der Waals surface area contributed by atoms with Crippen molar-refractivity contribution in [2.75, 3.05) is 26.2 Å². The molecular weight excluding hydrogens is 178 g/mol. The Morgan fingerprint density at radius 2 is 2.21 bits per heavy atom. The molecule has 3 N–H and O–H groups in total. The molecule has 0 radical (unpaired) electrons. The number of piperidine rings is 1. The summed E-state index contributed by atoms with van der Waals surface area (Å²) >= 11 is 0. The highest BCUT2D eigenvalue weighted by Gasteiger charge is 2.49. The molecule has 0 bridgehead atoms. The summed E-state index contributed by atoms with van der Waals surface area (Å²) in [6, 6.07) is 0.461. The minimum atomic E-state index is -0.259. The molecule has 2 saturated heterocycles. The molecule has 2 rings (SSSR count). The van der Waals surface area contributed by atoms with Gasteiger partial charge in [-0.3, -0.25) is 4.79 Å². The zero-order chi connectivity index (χ0) is 10.2. The number of likely N-dealkylation sites (tertiary alicyclic amines) is 1. The Hall–Kier alpha value is -0.610. The molecular formula is C10H19N3O. The summed E-state index contributed by atoms with van der Waals surface area (Å²) in [5.41, 5.74) is 5.33. The highest BCUT2D eigenvalue weighted by molar-refractivity contribution is 5.89. The molecule has 0 aromatic heterocycles. The van der Waals surface area contributed by atoms with Gasteiger partial charge in [-0.15, -0.1) is 0 Å². The number of nitrogens with two attached hydrogens (primary N) is 1. The van der Waals surface area contributed by atoms with E-state index < -0.39 is 0 Å². The lowest BCUT2D eigenvalue weighted by Crippen LogP contribution is -2.66.